The van der Waals surface area contributed by atoms with Gasteiger partial charge >= 0.3 is 0 Å². The first-order valence-corrected chi connectivity index (χ1v) is 8.10. The van der Waals surface area contributed by atoms with Crippen molar-refractivity contribution in [3.8, 4) is 0 Å². The van der Waals surface area contributed by atoms with Gasteiger partial charge in [-0.3, -0.25) is 10.1 Å². The fourth-order valence-corrected chi connectivity index (χ4v) is 2.65. The molecule has 1 heterocycles. The van der Waals surface area contributed by atoms with Gasteiger partial charge in [0.1, 0.15) is 0 Å². The molecule has 0 aromatic rings. The summed E-state index contributed by atoms with van der Waals surface area (Å²) in [4.78, 5) is 14.4. The molecule has 4 nitrogen and oxygen atoms in total. The fraction of sp³-hybridized carbons (Fsp3) is 0.938. The molecule has 0 aliphatic carbocycles. The molecule has 0 saturated carbocycles. The Hall–Kier alpha value is -0.610. The summed E-state index contributed by atoms with van der Waals surface area (Å²) in [6, 6.07) is 0.0107. The van der Waals surface area contributed by atoms with E-state index in [0.29, 0.717) is 11.8 Å². The minimum atomic E-state index is 0.0107. The van der Waals surface area contributed by atoms with Crippen LogP contribution >= 0.6 is 0 Å². The second-order valence-corrected chi connectivity index (χ2v) is 6.63. The van der Waals surface area contributed by atoms with Crippen LogP contribution in [0.15, 0.2) is 0 Å². The van der Waals surface area contributed by atoms with Crippen LogP contribution in [0.25, 0.3) is 0 Å². The highest BCUT2D eigenvalue weighted by molar-refractivity contribution is 5.84. The lowest BCUT2D eigenvalue weighted by molar-refractivity contribution is -0.130. The van der Waals surface area contributed by atoms with Gasteiger partial charge in [0.2, 0.25) is 5.91 Å². The molecule has 1 amide bonds. The number of carbonyl (C=O) groups excluding carboxylic acids is 1. The van der Waals surface area contributed by atoms with Crippen molar-refractivity contribution in [2.24, 2.45) is 11.8 Å². The second-order valence-electron chi connectivity index (χ2n) is 6.63. The van der Waals surface area contributed by atoms with E-state index >= 15 is 0 Å². The predicted octanol–water partition coefficient (Wildman–Crippen LogP) is 2.63. The molecule has 1 fully saturated rings. The molecule has 4 heteroatoms. The SMILES string of the molecule is CCC1NC(CC(C)C)C(=O)N1CCCOCC(C)C. The average Bonchev–Trinajstić information content (AvgIpc) is 2.65. The largest absolute Gasteiger partial charge is 0.381 e. The van der Waals surface area contributed by atoms with E-state index in [4.69, 9.17) is 4.74 Å². The number of hydrogen-bond donors (Lipinski definition) is 1. The highest BCUT2D eigenvalue weighted by Gasteiger charge is 2.37. The Morgan fingerprint density at radius 1 is 1.25 bits per heavy atom. The molecular formula is C16H32N2O2. The Morgan fingerprint density at radius 3 is 2.50 bits per heavy atom. The van der Waals surface area contributed by atoms with Gasteiger partial charge in [0.15, 0.2) is 0 Å². The molecule has 0 aromatic carbocycles. The summed E-state index contributed by atoms with van der Waals surface area (Å²) in [5.74, 6) is 1.39. The van der Waals surface area contributed by atoms with Gasteiger partial charge in [0.25, 0.3) is 0 Å². The van der Waals surface area contributed by atoms with Crippen LogP contribution in [0.5, 0.6) is 0 Å². The van der Waals surface area contributed by atoms with E-state index < -0.39 is 0 Å². The summed E-state index contributed by atoms with van der Waals surface area (Å²) >= 11 is 0. The number of amides is 1. The summed E-state index contributed by atoms with van der Waals surface area (Å²) in [7, 11) is 0. The monoisotopic (exact) mass is 284 g/mol. The zero-order valence-corrected chi connectivity index (χ0v) is 13.8. The van der Waals surface area contributed by atoms with E-state index in [-0.39, 0.29) is 18.1 Å². The molecule has 1 N–H and O–H groups in total. The van der Waals surface area contributed by atoms with Crippen molar-refractivity contribution in [1.82, 2.24) is 10.2 Å². The van der Waals surface area contributed by atoms with Crippen LogP contribution in [-0.2, 0) is 9.53 Å². The van der Waals surface area contributed by atoms with Gasteiger partial charge in [-0.2, -0.15) is 0 Å². The summed E-state index contributed by atoms with van der Waals surface area (Å²) in [5.41, 5.74) is 0. The van der Waals surface area contributed by atoms with Crippen LogP contribution in [0.4, 0.5) is 0 Å². The molecule has 2 unspecified atom stereocenters. The van der Waals surface area contributed by atoms with Crippen molar-refractivity contribution in [3.05, 3.63) is 0 Å². The van der Waals surface area contributed by atoms with Crippen LogP contribution in [0, 0.1) is 11.8 Å². The second kappa shape index (κ2) is 8.63. The van der Waals surface area contributed by atoms with Crippen molar-refractivity contribution in [1.29, 1.82) is 0 Å². The van der Waals surface area contributed by atoms with Crippen LogP contribution in [0.2, 0.25) is 0 Å². The molecule has 1 saturated heterocycles. The first-order chi connectivity index (χ1) is 9.45. The smallest absolute Gasteiger partial charge is 0.241 e. The van der Waals surface area contributed by atoms with Gasteiger partial charge < -0.3 is 9.64 Å². The first kappa shape index (κ1) is 17.4. The van der Waals surface area contributed by atoms with E-state index in [2.05, 4.69) is 39.9 Å². The van der Waals surface area contributed by atoms with Crippen molar-refractivity contribution < 1.29 is 9.53 Å². The van der Waals surface area contributed by atoms with Gasteiger partial charge in [0.05, 0.1) is 12.2 Å². The quantitative estimate of drug-likeness (QED) is 0.662. The maximum atomic E-state index is 12.4. The lowest BCUT2D eigenvalue weighted by Gasteiger charge is -2.23. The van der Waals surface area contributed by atoms with Crippen molar-refractivity contribution in [3.63, 3.8) is 0 Å². The normalized spacial score (nSPS) is 23.4. The van der Waals surface area contributed by atoms with Crippen molar-refractivity contribution in [2.75, 3.05) is 19.8 Å². The maximum absolute atomic E-state index is 12.4. The van der Waals surface area contributed by atoms with Gasteiger partial charge in [-0.1, -0.05) is 34.6 Å². The molecule has 0 spiro atoms. The maximum Gasteiger partial charge on any atom is 0.241 e. The minimum absolute atomic E-state index is 0.0107. The molecule has 118 valence electrons. The fourth-order valence-electron chi connectivity index (χ4n) is 2.65. The average molecular weight is 284 g/mol. The summed E-state index contributed by atoms with van der Waals surface area (Å²) in [6.07, 6.45) is 3.02. The summed E-state index contributed by atoms with van der Waals surface area (Å²) in [6.45, 7) is 13.1. The molecule has 0 aromatic heterocycles. The Bertz CT molecular complexity index is 292. The van der Waals surface area contributed by atoms with Gasteiger partial charge in [0, 0.05) is 19.8 Å². The van der Waals surface area contributed by atoms with E-state index in [0.717, 1.165) is 39.0 Å². The molecule has 2 atom stereocenters. The number of ether oxygens (including phenoxy) is 1. The van der Waals surface area contributed by atoms with Crippen molar-refractivity contribution in [2.45, 2.75) is 66.1 Å². The zero-order chi connectivity index (χ0) is 15.1. The third-order valence-corrected chi connectivity index (χ3v) is 3.58. The molecular weight excluding hydrogens is 252 g/mol. The van der Waals surface area contributed by atoms with Crippen molar-refractivity contribution >= 4 is 5.91 Å². The highest BCUT2D eigenvalue weighted by atomic mass is 16.5. The Kier molecular flexibility index (Phi) is 7.52. The zero-order valence-electron chi connectivity index (χ0n) is 13.8. The van der Waals surface area contributed by atoms with E-state index in [1.165, 1.54) is 0 Å². The Balaban J connectivity index is 2.36. The Labute approximate surface area is 124 Å². The highest BCUT2D eigenvalue weighted by Crippen LogP contribution is 2.19. The third kappa shape index (κ3) is 5.41. The molecule has 20 heavy (non-hydrogen) atoms. The number of nitrogens with zero attached hydrogens (tertiary/aromatic N) is 1. The number of nitrogens with one attached hydrogen (secondary N) is 1. The van der Waals surface area contributed by atoms with Crippen LogP contribution in [0.3, 0.4) is 0 Å². The summed E-state index contributed by atoms with van der Waals surface area (Å²) in [5, 5.41) is 3.47. The van der Waals surface area contributed by atoms with Crippen LogP contribution in [-0.4, -0.2) is 42.8 Å². The molecule has 1 aliphatic heterocycles. The van der Waals surface area contributed by atoms with Crippen LogP contribution in [0.1, 0.15) is 53.9 Å². The van der Waals surface area contributed by atoms with E-state index in [1.54, 1.807) is 0 Å². The predicted molar refractivity (Wildman–Crippen MR) is 82.4 cm³/mol. The first-order valence-electron chi connectivity index (χ1n) is 8.10. The lowest BCUT2D eigenvalue weighted by Crippen LogP contribution is -2.37. The lowest BCUT2D eigenvalue weighted by atomic mass is 10.0. The van der Waals surface area contributed by atoms with Gasteiger partial charge in [-0.25, -0.2) is 0 Å². The van der Waals surface area contributed by atoms with E-state index in [1.807, 2.05) is 4.90 Å². The van der Waals surface area contributed by atoms with Crippen LogP contribution < -0.4 is 5.32 Å². The topological polar surface area (TPSA) is 41.6 Å². The minimum Gasteiger partial charge on any atom is -0.381 e. The Morgan fingerprint density at radius 2 is 1.95 bits per heavy atom. The number of hydrogen-bond acceptors (Lipinski definition) is 3. The standard InChI is InChI=1S/C16H32N2O2/c1-6-15-17-14(10-12(2)3)16(19)18(15)8-7-9-20-11-13(4)5/h12-15,17H,6-11H2,1-5H3. The molecule has 1 aliphatic rings. The third-order valence-electron chi connectivity index (χ3n) is 3.58. The molecule has 0 bridgehead atoms. The number of rotatable bonds is 9. The van der Waals surface area contributed by atoms with Gasteiger partial charge in [-0.05, 0) is 31.1 Å². The van der Waals surface area contributed by atoms with E-state index in [9.17, 15) is 4.79 Å². The summed E-state index contributed by atoms with van der Waals surface area (Å²) < 4.78 is 5.59. The molecule has 0 radical (unpaired) electrons. The van der Waals surface area contributed by atoms with Gasteiger partial charge in [-0.15, -0.1) is 0 Å². The molecule has 1 rings (SSSR count). The number of carbonyl (C=O) groups is 1.